The van der Waals surface area contributed by atoms with E-state index in [2.05, 4.69) is 276 Å². The number of aromatic nitrogens is 1. The lowest BCUT2D eigenvalue weighted by Gasteiger charge is -2.34. The zero-order valence-corrected chi connectivity index (χ0v) is 39.8. The van der Waals surface area contributed by atoms with E-state index >= 15 is 0 Å². The average Bonchev–Trinajstić information content (AvgIpc) is 4.09. The Morgan fingerprint density at radius 1 is 0.274 bits per heavy atom. The maximum absolute atomic E-state index is 2.60. The number of para-hydroxylation sites is 3. The maximum Gasteiger partial charge on any atom is 0.0726 e. The summed E-state index contributed by atoms with van der Waals surface area (Å²) in [6.07, 6.45) is 0. The van der Waals surface area contributed by atoms with Crippen molar-refractivity contribution in [3.05, 3.63) is 289 Å². The van der Waals surface area contributed by atoms with E-state index in [9.17, 15) is 0 Å². The Morgan fingerprint density at radius 2 is 0.767 bits per heavy atom. The van der Waals surface area contributed by atoms with Crippen LogP contribution >= 0.6 is 0 Å². The molecule has 0 saturated carbocycles. The molecule has 13 aromatic carbocycles. The molecule has 0 fully saturated rings. The van der Waals surface area contributed by atoms with Gasteiger partial charge in [-0.1, -0.05) is 218 Å². The molecule has 1 aromatic heterocycles. The van der Waals surface area contributed by atoms with E-state index in [1.807, 2.05) is 0 Å². The lowest BCUT2D eigenvalue weighted by molar-refractivity contribution is 0.794. The fourth-order valence-corrected chi connectivity index (χ4v) is 13.5. The van der Waals surface area contributed by atoms with Crippen LogP contribution in [0.2, 0.25) is 0 Å². The molecule has 0 N–H and O–H groups in total. The summed E-state index contributed by atoms with van der Waals surface area (Å²) < 4.78 is 2.49. The molecule has 0 saturated heterocycles. The monoisotopic (exact) mass is 924 g/mol. The van der Waals surface area contributed by atoms with Gasteiger partial charge in [0.25, 0.3) is 0 Å². The number of anilines is 3. The summed E-state index contributed by atoms with van der Waals surface area (Å²) in [7, 11) is 0. The topological polar surface area (TPSA) is 8.17 Å². The Morgan fingerprint density at radius 3 is 1.45 bits per heavy atom. The summed E-state index contributed by atoms with van der Waals surface area (Å²) >= 11 is 0. The molecule has 1 heterocycles. The molecule has 2 nitrogen and oxygen atoms in total. The molecule has 0 radical (unpaired) electrons. The molecule has 73 heavy (non-hydrogen) atoms. The minimum atomic E-state index is -0.555. The third-order valence-electron chi connectivity index (χ3n) is 16.3. The second-order valence-electron chi connectivity index (χ2n) is 19.8. The van der Waals surface area contributed by atoms with E-state index in [0.717, 1.165) is 28.3 Å². The van der Waals surface area contributed by atoms with Gasteiger partial charge in [0, 0.05) is 38.7 Å². The first kappa shape index (κ1) is 40.3. The van der Waals surface area contributed by atoms with Gasteiger partial charge in [-0.05, 0) is 131 Å². The normalized spacial score (nSPS) is 13.0. The Kier molecular flexibility index (Phi) is 8.41. The fourth-order valence-electron chi connectivity index (χ4n) is 13.5. The maximum atomic E-state index is 2.60. The molecular formula is C71H44N2. The van der Waals surface area contributed by atoms with Gasteiger partial charge < -0.3 is 9.47 Å². The third kappa shape index (κ3) is 5.47. The summed E-state index contributed by atoms with van der Waals surface area (Å²) in [6.45, 7) is 0. The molecule has 0 bridgehead atoms. The summed E-state index contributed by atoms with van der Waals surface area (Å²) in [5.41, 5.74) is 19.0. The average molecular weight is 925 g/mol. The van der Waals surface area contributed by atoms with E-state index in [1.54, 1.807) is 0 Å². The lowest BCUT2D eigenvalue weighted by atomic mass is 9.70. The van der Waals surface area contributed by atoms with Crippen molar-refractivity contribution in [2.75, 3.05) is 4.90 Å². The van der Waals surface area contributed by atoms with E-state index in [4.69, 9.17) is 0 Å². The Hall–Kier alpha value is -9.50. The van der Waals surface area contributed by atoms with Crippen LogP contribution in [-0.2, 0) is 5.41 Å². The van der Waals surface area contributed by atoms with Gasteiger partial charge in [0.2, 0.25) is 0 Å². The highest BCUT2D eigenvalue weighted by atomic mass is 15.1. The zero-order chi connectivity index (χ0) is 47.8. The molecule has 2 aliphatic rings. The molecular weight excluding hydrogens is 881 g/mol. The van der Waals surface area contributed by atoms with Gasteiger partial charge >= 0.3 is 0 Å². The van der Waals surface area contributed by atoms with Gasteiger partial charge in [-0.25, -0.2) is 0 Å². The highest BCUT2D eigenvalue weighted by Crippen LogP contribution is 2.64. The molecule has 1 spiro atoms. The molecule has 338 valence electrons. The number of benzene rings is 13. The lowest BCUT2D eigenvalue weighted by Crippen LogP contribution is -2.26. The van der Waals surface area contributed by atoms with Crippen molar-refractivity contribution in [2.45, 2.75) is 5.41 Å². The minimum Gasteiger partial charge on any atom is -0.309 e. The van der Waals surface area contributed by atoms with E-state index in [0.29, 0.717) is 0 Å². The van der Waals surface area contributed by atoms with Gasteiger partial charge in [-0.3, -0.25) is 0 Å². The number of hydrogen-bond acceptors (Lipinski definition) is 1. The van der Waals surface area contributed by atoms with Gasteiger partial charge in [0.1, 0.15) is 0 Å². The Balaban J connectivity index is 1.10. The number of fused-ring (bicyclic) bond motifs is 20. The molecule has 0 aliphatic heterocycles. The SMILES string of the molecule is c1ccc(-n2c3ccccc3c3cccc(-c4cc5c(cc4N(c4ccc6c7ccccc7c7ccccc7c6c4)c4cccc6ccccc46)C4(c6ccccc6-c6ccccc64)c4ccccc4-5)c32)cc1. The van der Waals surface area contributed by atoms with Gasteiger partial charge in [-0.15, -0.1) is 0 Å². The molecule has 2 heteroatoms. The standard InChI is InChI=1S/C71H44N2/c1-2-22-46(23-3-1)73-68-38-17-13-32-57(68)58-33-19-34-59(70(58)73)62-43-61-56-31-12-16-37-65(56)71(63-35-14-10-29-54(63)55-30-11-15-36-64(55)71)66(61)44-69(62)72(67-39-18-21-45-20-4-5-24-48(45)67)47-40-41-53-51-27-7-6-25-49(51)50-26-8-9-28-52(50)60(53)42-47/h1-44H. The first-order chi connectivity index (χ1) is 36.3. The highest BCUT2D eigenvalue weighted by Gasteiger charge is 2.52. The quantitative estimate of drug-likeness (QED) is 0.156. The van der Waals surface area contributed by atoms with Gasteiger partial charge in [0.15, 0.2) is 0 Å². The van der Waals surface area contributed by atoms with Crippen LogP contribution in [0.3, 0.4) is 0 Å². The zero-order valence-electron chi connectivity index (χ0n) is 39.8. The van der Waals surface area contributed by atoms with Crippen LogP contribution < -0.4 is 4.90 Å². The molecule has 0 atom stereocenters. The smallest absolute Gasteiger partial charge is 0.0726 e. The van der Waals surface area contributed by atoms with E-state index < -0.39 is 5.41 Å². The van der Waals surface area contributed by atoms with Crippen LogP contribution in [0.5, 0.6) is 0 Å². The summed E-state index contributed by atoms with van der Waals surface area (Å²) in [6, 6.07) is 100. The summed E-state index contributed by atoms with van der Waals surface area (Å²) in [5.74, 6) is 0. The first-order valence-electron chi connectivity index (χ1n) is 25.4. The molecule has 0 amide bonds. The molecule has 2 aliphatic carbocycles. The Labute approximate surface area is 422 Å². The van der Waals surface area contributed by atoms with Crippen molar-refractivity contribution in [1.82, 2.24) is 4.57 Å². The predicted octanol–water partition coefficient (Wildman–Crippen LogP) is 18.9. The van der Waals surface area contributed by atoms with Crippen LogP contribution in [0, 0.1) is 0 Å². The fraction of sp³-hybridized carbons (Fsp3) is 0.0141. The summed E-state index contributed by atoms with van der Waals surface area (Å²) in [4.78, 5) is 2.60. The molecule has 16 rings (SSSR count). The molecule has 0 unspecified atom stereocenters. The predicted molar refractivity (Wildman–Crippen MR) is 307 cm³/mol. The second kappa shape index (κ2) is 15.3. The van der Waals surface area contributed by atoms with Crippen LogP contribution in [0.4, 0.5) is 17.1 Å². The molecule has 14 aromatic rings. The van der Waals surface area contributed by atoms with Crippen molar-refractivity contribution in [3.8, 4) is 39.1 Å². The van der Waals surface area contributed by atoms with E-state index in [1.165, 1.54) is 115 Å². The highest BCUT2D eigenvalue weighted by molar-refractivity contribution is 6.26. The summed E-state index contributed by atoms with van der Waals surface area (Å²) in [5, 5.41) is 12.3. The van der Waals surface area contributed by atoms with Gasteiger partial charge in [-0.2, -0.15) is 0 Å². The van der Waals surface area contributed by atoms with Crippen molar-refractivity contribution in [2.24, 2.45) is 0 Å². The van der Waals surface area contributed by atoms with E-state index in [-0.39, 0.29) is 0 Å². The van der Waals surface area contributed by atoms with Crippen LogP contribution in [0.15, 0.2) is 267 Å². The van der Waals surface area contributed by atoms with Crippen LogP contribution in [0.25, 0.3) is 104 Å². The first-order valence-corrected chi connectivity index (χ1v) is 25.4. The van der Waals surface area contributed by atoms with Crippen molar-refractivity contribution in [3.63, 3.8) is 0 Å². The van der Waals surface area contributed by atoms with Crippen molar-refractivity contribution < 1.29 is 0 Å². The third-order valence-corrected chi connectivity index (χ3v) is 16.3. The van der Waals surface area contributed by atoms with Gasteiger partial charge in [0.05, 0.1) is 27.8 Å². The Bertz CT molecular complexity index is 4550. The largest absolute Gasteiger partial charge is 0.309 e. The van der Waals surface area contributed by atoms with Crippen LogP contribution in [0.1, 0.15) is 22.3 Å². The van der Waals surface area contributed by atoms with Crippen molar-refractivity contribution >= 4 is 82.0 Å². The minimum absolute atomic E-state index is 0.555. The number of hydrogen-bond donors (Lipinski definition) is 0. The number of rotatable bonds is 5. The second-order valence-corrected chi connectivity index (χ2v) is 19.8. The van der Waals surface area contributed by atoms with Crippen molar-refractivity contribution in [1.29, 1.82) is 0 Å². The number of nitrogens with zero attached hydrogens (tertiary/aromatic N) is 2. The van der Waals surface area contributed by atoms with Crippen LogP contribution in [-0.4, -0.2) is 4.57 Å².